The van der Waals surface area contributed by atoms with Crippen molar-refractivity contribution in [3.63, 3.8) is 0 Å². The SMILES string of the molecule is Cc1ccc(-n2c(C)nnc2SC(C)C(=O)Nc2cc(S(=O)(=O)N(C)C)ccc2C)cc1. The second-order valence-corrected chi connectivity index (χ2v) is 11.2. The third-order valence-corrected chi connectivity index (χ3v) is 7.84. The minimum absolute atomic E-state index is 0.124. The Hall–Kier alpha value is -2.69. The molecule has 0 spiro atoms. The van der Waals surface area contributed by atoms with Crippen molar-refractivity contribution in [3.05, 3.63) is 59.4 Å². The van der Waals surface area contributed by atoms with Crippen molar-refractivity contribution in [2.45, 2.75) is 43.0 Å². The van der Waals surface area contributed by atoms with Gasteiger partial charge in [-0.15, -0.1) is 10.2 Å². The lowest BCUT2D eigenvalue weighted by atomic mass is 10.2. The molecule has 32 heavy (non-hydrogen) atoms. The van der Waals surface area contributed by atoms with E-state index in [0.29, 0.717) is 10.8 Å². The second kappa shape index (κ2) is 9.43. The van der Waals surface area contributed by atoms with Gasteiger partial charge in [-0.2, -0.15) is 0 Å². The number of thioether (sulfide) groups is 1. The van der Waals surface area contributed by atoms with Gasteiger partial charge >= 0.3 is 0 Å². The monoisotopic (exact) mass is 473 g/mol. The molecule has 0 aliphatic carbocycles. The second-order valence-electron chi connectivity index (χ2n) is 7.71. The molecule has 0 radical (unpaired) electrons. The number of nitrogens with one attached hydrogen (secondary N) is 1. The molecule has 1 unspecified atom stereocenters. The van der Waals surface area contributed by atoms with E-state index in [-0.39, 0.29) is 10.8 Å². The quantitative estimate of drug-likeness (QED) is 0.527. The first-order chi connectivity index (χ1) is 15.0. The summed E-state index contributed by atoms with van der Waals surface area (Å²) in [6.07, 6.45) is 0. The molecule has 170 valence electrons. The summed E-state index contributed by atoms with van der Waals surface area (Å²) in [5, 5.41) is 11.4. The predicted molar refractivity (Wildman–Crippen MR) is 127 cm³/mol. The first-order valence-corrected chi connectivity index (χ1v) is 12.3. The smallest absolute Gasteiger partial charge is 0.242 e. The molecule has 0 aliphatic rings. The number of carbonyl (C=O) groups excluding carboxylic acids is 1. The summed E-state index contributed by atoms with van der Waals surface area (Å²) >= 11 is 1.29. The van der Waals surface area contributed by atoms with Crippen molar-refractivity contribution in [2.24, 2.45) is 0 Å². The summed E-state index contributed by atoms with van der Waals surface area (Å²) in [4.78, 5) is 13.0. The zero-order valence-corrected chi connectivity index (χ0v) is 20.6. The van der Waals surface area contributed by atoms with Gasteiger partial charge in [0.15, 0.2) is 5.16 Å². The van der Waals surface area contributed by atoms with Crippen LogP contribution in [0.2, 0.25) is 0 Å². The van der Waals surface area contributed by atoms with E-state index in [4.69, 9.17) is 0 Å². The molecule has 2 aromatic carbocycles. The molecule has 0 aliphatic heterocycles. The summed E-state index contributed by atoms with van der Waals surface area (Å²) in [5.74, 6) is 0.468. The maximum atomic E-state index is 12.9. The van der Waals surface area contributed by atoms with Crippen molar-refractivity contribution in [3.8, 4) is 5.69 Å². The number of carbonyl (C=O) groups is 1. The van der Waals surface area contributed by atoms with Crippen LogP contribution in [-0.4, -0.2) is 52.7 Å². The molecule has 10 heteroatoms. The molecule has 0 bridgehead atoms. The van der Waals surface area contributed by atoms with E-state index in [2.05, 4.69) is 15.5 Å². The molecule has 3 rings (SSSR count). The highest BCUT2D eigenvalue weighted by atomic mass is 32.2. The molecule has 0 fully saturated rings. The van der Waals surface area contributed by atoms with E-state index in [1.807, 2.05) is 49.6 Å². The molecule has 1 N–H and O–H groups in total. The minimum Gasteiger partial charge on any atom is -0.325 e. The molecular formula is C22H27N5O3S2. The van der Waals surface area contributed by atoms with E-state index >= 15 is 0 Å². The fourth-order valence-corrected chi connectivity index (χ4v) is 4.80. The standard InChI is InChI=1S/C22H27N5O3S2/c1-14-7-10-18(11-8-14)27-17(4)24-25-22(27)31-16(3)21(28)23-20-13-19(12-9-15(20)2)32(29,30)26(5)6/h7-13,16H,1-6H3,(H,23,28). The number of amides is 1. The van der Waals surface area contributed by atoms with Crippen LogP contribution in [0.1, 0.15) is 23.9 Å². The number of sulfonamides is 1. The maximum absolute atomic E-state index is 12.9. The Morgan fingerprint density at radius 3 is 2.34 bits per heavy atom. The van der Waals surface area contributed by atoms with Crippen molar-refractivity contribution in [1.29, 1.82) is 0 Å². The largest absolute Gasteiger partial charge is 0.325 e. The van der Waals surface area contributed by atoms with Crippen molar-refractivity contribution in [1.82, 2.24) is 19.1 Å². The van der Waals surface area contributed by atoms with Gasteiger partial charge in [0, 0.05) is 25.5 Å². The first kappa shape index (κ1) is 24.0. The van der Waals surface area contributed by atoms with Gasteiger partial charge in [0.05, 0.1) is 10.1 Å². The Labute approximate surface area is 193 Å². The van der Waals surface area contributed by atoms with Crippen molar-refractivity contribution < 1.29 is 13.2 Å². The van der Waals surface area contributed by atoms with Gasteiger partial charge in [0.1, 0.15) is 5.82 Å². The Morgan fingerprint density at radius 2 is 1.72 bits per heavy atom. The molecule has 1 heterocycles. The predicted octanol–water partition coefficient (Wildman–Crippen LogP) is 3.56. The molecule has 3 aromatic rings. The number of hydrogen-bond donors (Lipinski definition) is 1. The van der Waals surface area contributed by atoms with E-state index in [0.717, 1.165) is 26.9 Å². The minimum atomic E-state index is -3.60. The number of anilines is 1. The molecule has 0 saturated heterocycles. The van der Waals surface area contributed by atoms with Gasteiger partial charge in [-0.25, -0.2) is 12.7 Å². The molecule has 1 amide bonds. The van der Waals surface area contributed by atoms with Crippen LogP contribution in [0, 0.1) is 20.8 Å². The topological polar surface area (TPSA) is 97.2 Å². The van der Waals surface area contributed by atoms with Crippen LogP contribution in [0.15, 0.2) is 52.5 Å². The Bertz CT molecular complexity index is 1230. The average Bonchev–Trinajstić information content (AvgIpc) is 3.09. The zero-order chi connectivity index (χ0) is 23.6. The third kappa shape index (κ3) is 5.03. The maximum Gasteiger partial charge on any atom is 0.242 e. The van der Waals surface area contributed by atoms with Gasteiger partial charge in [-0.05, 0) is 57.5 Å². The van der Waals surface area contributed by atoms with Gasteiger partial charge in [-0.3, -0.25) is 9.36 Å². The Morgan fingerprint density at radius 1 is 1.06 bits per heavy atom. The Kier molecular flexibility index (Phi) is 7.06. The van der Waals surface area contributed by atoms with E-state index in [1.54, 1.807) is 13.0 Å². The van der Waals surface area contributed by atoms with Crippen LogP contribution in [0.3, 0.4) is 0 Å². The molecule has 8 nitrogen and oxygen atoms in total. The van der Waals surface area contributed by atoms with Gasteiger partial charge in [0.2, 0.25) is 15.9 Å². The molecule has 0 saturated carbocycles. The number of aryl methyl sites for hydroxylation is 3. The molecule has 1 aromatic heterocycles. The highest BCUT2D eigenvalue weighted by molar-refractivity contribution is 8.00. The molecule has 1 atom stereocenters. The summed E-state index contributed by atoms with van der Waals surface area (Å²) < 4.78 is 27.9. The van der Waals surface area contributed by atoms with Crippen LogP contribution in [0.5, 0.6) is 0 Å². The van der Waals surface area contributed by atoms with Gasteiger partial charge in [0.25, 0.3) is 0 Å². The fraction of sp³-hybridized carbons (Fsp3) is 0.318. The zero-order valence-electron chi connectivity index (χ0n) is 18.9. The van der Waals surface area contributed by atoms with Crippen LogP contribution < -0.4 is 5.32 Å². The van der Waals surface area contributed by atoms with Gasteiger partial charge < -0.3 is 5.32 Å². The third-order valence-electron chi connectivity index (χ3n) is 4.98. The van der Waals surface area contributed by atoms with Gasteiger partial charge in [-0.1, -0.05) is 35.5 Å². The van der Waals surface area contributed by atoms with E-state index < -0.39 is 15.3 Å². The van der Waals surface area contributed by atoms with Crippen molar-refractivity contribution in [2.75, 3.05) is 19.4 Å². The first-order valence-electron chi connectivity index (χ1n) is 10.0. The number of hydrogen-bond acceptors (Lipinski definition) is 6. The number of nitrogens with zero attached hydrogens (tertiary/aromatic N) is 4. The number of aromatic nitrogens is 3. The molecular weight excluding hydrogens is 446 g/mol. The fourth-order valence-electron chi connectivity index (χ4n) is 2.96. The highest BCUT2D eigenvalue weighted by Gasteiger charge is 2.22. The summed E-state index contributed by atoms with van der Waals surface area (Å²) in [7, 11) is -0.661. The van der Waals surface area contributed by atoms with Crippen LogP contribution in [-0.2, 0) is 14.8 Å². The van der Waals surface area contributed by atoms with E-state index in [1.165, 1.54) is 38.0 Å². The summed E-state index contributed by atoms with van der Waals surface area (Å²) in [6, 6.07) is 12.7. The van der Waals surface area contributed by atoms with Crippen LogP contribution in [0.4, 0.5) is 5.69 Å². The number of rotatable bonds is 7. The normalized spacial score (nSPS) is 12.7. The van der Waals surface area contributed by atoms with Crippen molar-refractivity contribution >= 4 is 33.4 Å². The summed E-state index contributed by atoms with van der Waals surface area (Å²) in [6.45, 7) is 7.48. The Balaban J connectivity index is 1.81. The average molecular weight is 474 g/mol. The lowest BCUT2D eigenvalue weighted by Gasteiger charge is -2.16. The lowest BCUT2D eigenvalue weighted by Crippen LogP contribution is -2.25. The van der Waals surface area contributed by atoms with Crippen LogP contribution >= 0.6 is 11.8 Å². The van der Waals surface area contributed by atoms with Crippen LogP contribution in [0.25, 0.3) is 5.69 Å². The lowest BCUT2D eigenvalue weighted by molar-refractivity contribution is -0.115. The van der Waals surface area contributed by atoms with E-state index in [9.17, 15) is 13.2 Å². The number of benzene rings is 2. The highest BCUT2D eigenvalue weighted by Crippen LogP contribution is 2.28. The summed E-state index contributed by atoms with van der Waals surface area (Å²) in [5.41, 5.74) is 3.30.